The second-order valence-electron chi connectivity index (χ2n) is 12.0. The molecule has 2 N–H and O–H groups in total. The van der Waals surface area contributed by atoms with E-state index < -0.39 is 135 Å². The van der Waals surface area contributed by atoms with Crippen molar-refractivity contribution in [2.75, 3.05) is 23.1 Å². The highest BCUT2D eigenvalue weighted by Gasteiger charge is 2.39. The Morgan fingerprint density at radius 3 is 1.34 bits per heavy atom. The van der Waals surface area contributed by atoms with Gasteiger partial charge in [-0.15, -0.1) is 10.2 Å². The van der Waals surface area contributed by atoms with Crippen LogP contribution in [0.3, 0.4) is 0 Å². The van der Waals surface area contributed by atoms with Crippen molar-refractivity contribution in [3.63, 3.8) is 0 Å². The van der Waals surface area contributed by atoms with Gasteiger partial charge < -0.3 is 10.6 Å². The van der Waals surface area contributed by atoms with Crippen LogP contribution in [0.1, 0.15) is 13.8 Å². The quantitative estimate of drug-likeness (QED) is 0.114. The Hall–Kier alpha value is -5.02. The molecule has 0 aliphatic heterocycles. The summed E-state index contributed by atoms with van der Waals surface area (Å²) in [5.41, 5.74) is -3.29. The molecule has 0 aliphatic rings. The molecule has 318 valence electrons. The first-order valence-electron chi connectivity index (χ1n) is 15.5. The molecule has 0 radical (unpaired) electrons. The number of halogens is 14. The summed E-state index contributed by atoms with van der Waals surface area (Å²) in [5.74, 6) is -10.6. The Morgan fingerprint density at radius 1 is 0.644 bits per heavy atom. The topological polar surface area (TPSA) is 161 Å². The molecule has 0 saturated heterocycles. The van der Waals surface area contributed by atoms with Gasteiger partial charge in [-0.25, -0.2) is 34.8 Å². The van der Waals surface area contributed by atoms with Gasteiger partial charge in [0.2, 0.25) is 15.0 Å². The molecule has 59 heavy (non-hydrogen) atoms. The van der Waals surface area contributed by atoms with E-state index in [0.29, 0.717) is 40.2 Å². The fourth-order valence-electron chi connectivity index (χ4n) is 4.83. The zero-order chi connectivity index (χ0) is 44.3. The van der Waals surface area contributed by atoms with E-state index in [1.54, 1.807) is 0 Å². The molecule has 0 amide bonds. The lowest BCUT2D eigenvalue weighted by molar-refractivity contribution is -0.139. The third-order valence-electron chi connectivity index (χ3n) is 7.64. The number of alkyl halides is 6. The summed E-state index contributed by atoms with van der Waals surface area (Å²) in [5, 5.41) is 8.89. The van der Waals surface area contributed by atoms with Crippen LogP contribution in [0.5, 0.6) is 0 Å². The number of nitrogens with one attached hydrogen (secondary N) is 2. The van der Waals surface area contributed by atoms with Crippen LogP contribution in [0.25, 0.3) is 33.8 Å². The van der Waals surface area contributed by atoms with Crippen molar-refractivity contribution in [2.45, 2.75) is 48.6 Å². The SMILES string of the molecule is C[C@H](Nc1c(-c2c(F)cc(F)cc2F)c(Cl)nc2nc(S(C)(=O)=O)nn12)C(F)(F)F.C[C@H](Nc1c(-c2c(F)cc(F)cc2F)c(Cl)nc2nc(S(C)=O)nn12)C(F)(F)F. The minimum Gasteiger partial charge on any atom is -0.358 e. The summed E-state index contributed by atoms with van der Waals surface area (Å²) < 4.78 is 199. The van der Waals surface area contributed by atoms with Gasteiger partial charge in [0, 0.05) is 36.8 Å². The molecule has 4 aromatic heterocycles. The zero-order valence-electron chi connectivity index (χ0n) is 29.4. The number of nitrogens with zero attached hydrogens (tertiary/aromatic N) is 8. The van der Waals surface area contributed by atoms with Gasteiger partial charge >= 0.3 is 12.4 Å². The van der Waals surface area contributed by atoms with E-state index in [-0.39, 0.29) is 10.9 Å². The van der Waals surface area contributed by atoms with E-state index in [2.05, 4.69) is 30.1 Å². The van der Waals surface area contributed by atoms with Crippen LogP contribution in [0.4, 0.5) is 64.3 Å². The van der Waals surface area contributed by atoms with Crippen molar-refractivity contribution < 1.29 is 65.3 Å². The highest BCUT2D eigenvalue weighted by atomic mass is 35.5. The fourth-order valence-corrected chi connectivity index (χ4v) is 6.24. The summed E-state index contributed by atoms with van der Waals surface area (Å²) >= 11 is 12.0. The number of sulfone groups is 1. The van der Waals surface area contributed by atoms with Crippen molar-refractivity contribution >= 4 is 67.0 Å². The predicted octanol–water partition coefficient (Wildman–Crippen LogP) is 7.59. The van der Waals surface area contributed by atoms with Crippen LogP contribution >= 0.6 is 23.2 Å². The van der Waals surface area contributed by atoms with Crippen LogP contribution in [-0.4, -0.2) is 88.7 Å². The van der Waals surface area contributed by atoms with E-state index in [0.717, 1.165) is 13.2 Å². The molecule has 6 aromatic rings. The molecule has 2 aromatic carbocycles. The molecule has 1 unspecified atom stereocenters. The average molecular weight is 932 g/mol. The highest BCUT2D eigenvalue weighted by molar-refractivity contribution is 7.90. The first-order chi connectivity index (χ1) is 27.1. The molecule has 4 heterocycles. The largest absolute Gasteiger partial charge is 0.408 e. The van der Waals surface area contributed by atoms with Crippen LogP contribution in [-0.2, 0) is 20.6 Å². The molecule has 0 spiro atoms. The van der Waals surface area contributed by atoms with Gasteiger partial charge in [-0.1, -0.05) is 23.2 Å². The predicted molar refractivity (Wildman–Crippen MR) is 186 cm³/mol. The molecule has 3 atom stereocenters. The summed E-state index contributed by atoms with van der Waals surface area (Å²) in [6.45, 7) is 1.44. The average Bonchev–Trinajstić information content (AvgIpc) is 3.71. The molecule has 13 nitrogen and oxygen atoms in total. The smallest absolute Gasteiger partial charge is 0.358 e. The van der Waals surface area contributed by atoms with Crippen molar-refractivity contribution in [2.24, 2.45) is 0 Å². The minimum absolute atomic E-state index is 0.291. The molecule has 0 aliphatic carbocycles. The van der Waals surface area contributed by atoms with Crippen LogP contribution in [0, 0.1) is 34.9 Å². The fraction of sp³-hybridized carbons (Fsp3) is 0.267. The normalized spacial score (nSPS) is 13.9. The Bertz CT molecular complexity index is 2720. The Balaban J connectivity index is 0.000000224. The van der Waals surface area contributed by atoms with Crippen LogP contribution in [0.2, 0.25) is 10.3 Å². The van der Waals surface area contributed by atoms with Gasteiger partial charge in [0.15, 0.2) is 0 Å². The van der Waals surface area contributed by atoms with Gasteiger partial charge in [-0.05, 0) is 13.8 Å². The van der Waals surface area contributed by atoms with Gasteiger partial charge in [-0.2, -0.15) is 55.3 Å². The maximum absolute atomic E-state index is 14.4. The maximum atomic E-state index is 14.4. The number of rotatable bonds is 8. The molecule has 0 saturated carbocycles. The van der Waals surface area contributed by atoms with Crippen molar-refractivity contribution in [1.29, 1.82) is 0 Å². The standard InChI is InChI=1S/C15H10ClF6N5O2S.C15H10ClF6N5OS/c1-5(15(20,21)22)23-12-10(9-7(18)3-6(17)4-8(9)19)11(16)24-13-25-14(26-27(12)13)30(2,28)29;1-5(15(20,21)22)23-12-10(9-7(18)3-6(17)4-8(9)19)11(16)24-13-25-14(29(2)28)26-27(12)13/h3-5,23H,1-2H3;3-5,23H,1-2H3/t5-;5-,29?/m00/s1. The third kappa shape index (κ3) is 9.41. The van der Waals surface area contributed by atoms with Crippen molar-refractivity contribution in [1.82, 2.24) is 39.2 Å². The second kappa shape index (κ2) is 16.2. The van der Waals surface area contributed by atoms with Gasteiger partial charge in [-0.3, -0.25) is 4.21 Å². The number of fused-ring (bicyclic) bond motifs is 2. The van der Waals surface area contributed by atoms with Crippen molar-refractivity contribution in [3.05, 3.63) is 69.5 Å². The molecule has 6 rings (SSSR count). The monoisotopic (exact) mass is 930 g/mol. The van der Waals surface area contributed by atoms with Gasteiger partial charge in [0.25, 0.3) is 16.7 Å². The second-order valence-corrected chi connectivity index (χ2v) is 15.9. The molecular weight excluding hydrogens is 911 g/mol. The van der Waals surface area contributed by atoms with Crippen LogP contribution in [0.15, 0.2) is 34.6 Å². The van der Waals surface area contributed by atoms with E-state index >= 15 is 0 Å². The maximum Gasteiger partial charge on any atom is 0.408 e. The number of benzene rings is 2. The third-order valence-corrected chi connectivity index (χ3v) is 9.71. The number of aromatic nitrogens is 8. The molecule has 0 bridgehead atoms. The summed E-state index contributed by atoms with van der Waals surface area (Å²) in [7, 11) is -5.77. The minimum atomic E-state index is -4.82. The molecule has 29 heteroatoms. The number of hydrogen-bond acceptors (Lipinski definition) is 11. The van der Waals surface area contributed by atoms with Gasteiger partial charge in [0.05, 0.1) is 33.1 Å². The molecule has 0 fully saturated rings. The van der Waals surface area contributed by atoms with E-state index in [9.17, 15) is 65.3 Å². The van der Waals surface area contributed by atoms with Crippen molar-refractivity contribution in [3.8, 4) is 22.3 Å². The lowest BCUT2D eigenvalue weighted by Crippen LogP contribution is -2.34. The Morgan fingerprint density at radius 2 is 1.00 bits per heavy atom. The summed E-state index contributed by atoms with van der Waals surface area (Å²) in [6, 6.07) is -3.25. The first-order valence-corrected chi connectivity index (χ1v) is 19.7. The lowest BCUT2D eigenvalue weighted by atomic mass is 10.1. The number of anilines is 2. The van der Waals surface area contributed by atoms with E-state index in [1.165, 1.54) is 6.26 Å². The Kier molecular flexibility index (Phi) is 12.4. The molecular formula is C30H20Cl2F12N10O3S2. The summed E-state index contributed by atoms with van der Waals surface area (Å²) in [4.78, 5) is 14.8. The van der Waals surface area contributed by atoms with Crippen LogP contribution < -0.4 is 10.6 Å². The number of hydrogen-bond donors (Lipinski definition) is 2. The lowest BCUT2D eigenvalue weighted by Gasteiger charge is -2.21. The Labute approximate surface area is 334 Å². The van der Waals surface area contributed by atoms with E-state index in [4.69, 9.17) is 23.2 Å². The summed E-state index contributed by atoms with van der Waals surface area (Å²) in [6.07, 6.45) is -7.63. The first kappa shape index (κ1) is 45.1. The zero-order valence-corrected chi connectivity index (χ0v) is 32.5. The highest BCUT2D eigenvalue weighted by Crippen LogP contribution is 2.41. The van der Waals surface area contributed by atoms with Gasteiger partial charge in [0.1, 0.15) is 68.9 Å². The van der Waals surface area contributed by atoms with E-state index in [1.807, 2.05) is 10.6 Å².